The third-order valence-electron chi connectivity index (χ3n) is 3.53. The van der Waals surface area contributed by atoms with Crippen LogP contribution < -0.4 is 0 Å². The fraction of sp³-hybridized carbons (Fsp3) is 1.00. The van der Waals surface area contributed by atoms with Gasteiger partial charge in [0.25, 0.3) is 0 Å². The van der Waals surface area contributed by atoms with Crippen LogP contribution in [0, 0.1) is 5.92 Å². The second-order valence-electron chi connectivity index (χ2n) is 5.09. The van der Waals surface area contributed by atoms with E-state index in [1.807, 2.05) is 0 Å². The Kier molecular flexibility index (Phi) is 5.62. The maximum atomic E-state index is 10.1. The van der Waals surface area contributed by atoms with Crippen LogP contribution in [0.5, 0.6) is 0 Å². The van der Waals surface area contributed by atoms with Gasteiger partial charge in [-0.1, -0.05) is 20.8 Å². The van der Waals surface area contributed by atoms with Crippen molar-refractivity contribution in [2.24, 2.45) is 5.92 Å². The molecule has 15 heavy (non-hydrogen) atoms. The molecule has 1 aliphatic rings. The summed E-state index contributed by atoms with van der Waals surface area (Å²) < 4.78 is 0. The molecule has 0 aromatic heterocycles. The van der Waals surface area contributed by atoms with Crippen molar-refractivity contribution in [2.45, 2.75) is 65.0 Å². The Hall–Kier alpha value is -0.0800. The highest BCUT2D eigenvalue weighted by molar-refractivity contribution is 4.85. The molecule has 0 aromatic carbocycles. The molecule has 1 N–H and O–H groups in total. The molecule has 0 spiro atoms. The van der Waals surface area contributed by atoms with Gasteiger partial charge >= 0.3 is 0 Å². The Labute approximate surface area is 94.7 Å². The molecule has 1 aliphatic carbocycles. The van der Waals surface area contributed by atoms with E-state index in [0.29, 0.717) is 6.04 Å². The molecule has 0 bridgehead atoms. The molecular weight excluding hydrogens is 186 g/mol. The van der Waals surface area contributed by atoms with Crippen LogP contribution in [0.2, 0.25) is 0 Å². The third-order valence-corrected chi connectivity index (χ3v) is 3.53. The van der Waals surface area contributed by atoms with E-state index in [9.17, 15) is 5.11 Å². The molecule has 0 heterocycles. The van der Waals surface area contributed by atoms with Crippen LogP contribution in [0.25, 0.3) is 0 Å². The van der Waals surface area contributed by atoms with Crippen LogP contribution in [0.3, 0.4) is 0 Å². The molecule has 90 valence electrons. The van der Waals surface area contributed by atoms with Gasteiger partial charge in [-0.3, -0.25) is 4.90 Å². The Bertz CT molecular complexity index is 166. The van der Waals surface area contributed by atoms with E-state index in [-0.39, 0.29) is 6.10 Å². The summed E-state index contributed by atoms with van der Waals surface area (Å²) in [5, 5.41) is 10.1. The molecule has 2 heteroatoms. The smallest absolute Gasteiger partial charge is 0.0695 e. The van der Waals surface area contributed by atoms with Gasteiger partial charge in [0.2, 0.25) is 0 Å². The standard InChI is InChI=1S/C13H27NO/c1-4-8-14(9-5-2)12-10-11(3)6-7-13(12)15/h11-13,15H,4-10H2,1-3H3. The van der Waals surface area contributed by atoms with Crippen molar-refractivity contribution >= 4 is 0 Å². The van der Waals surface area contributed by atoms with Crippen LogP contribution in [0.1, 0.15) is 52.9 Å². The average Bonchev–Trinajstić information content (AvgIpc) is 2.21. The predicted octanol–water partition coefficient (Wildman–Crippen LogP) is 2.66. The molecule has 1 fully saturated rings. The second kappa shape index (κ2) is 6.49. The monoisotopic (exact) mass is 213 g/mol. The third kappa shape index (κ3) is 3.76. The Balaban J connectivity index is 2.54. The second-order valence-corrected chi connectivity index (χ2v) is 5.09. The largest absolute Gasteiger partial charge is 0.391 e. The van der Waals surface area contributed by atoms with Crippen molar-refractivity contribution in [3.05, 3.63) is 0 Å². The summed E-state index contributed by atoms with van der Waals surface area (Å²) >= 11 is 0. The Morgan fingerprint density at radius 1 is 1.13 bits per heavy atom. The van der Waals surface area contributed by atoms with E-state index in [1.54, 1.807) is 0 Å². The first-order chi connectivity index (χ1) is 7.19. The minimum atomic E-state index is -0.0840. The maximum Gasteiger partial charge on any atom is 0.0695 e. The normalized spacial score (nSPS) is 32.2. The van der Waals surface area contributed by atoms with Gasteiger partial charge in [-0.05, 0) is 51.1 Å². The number of rotatable bonds is 5. The molecule has 3 unspecified atom stereocenters. The summed E-state index contributed by atoms with van der Waals surface area (Å²) in [5.41, 5.74) is 0. The van der Waals surface area contributed by atoms with Crippen LogP contribution in [0.4, 0.5) is 0 Å². The SMILES string of the molecule is CCCN(CCC)C1CC(C)CCC1O. The summed E-state index contributed by atoms with van der Waals surface area (Å²) in [6.45, 7) is 9.04. The summed E-state index contributed by atoms with van der Waals surface area (Å²) in [6, 6.07) is 0.425. The highest BCUT2D eigenvalue weighted by Gasteiger charge is 2.30. The van der Waals surface area contributed by atoms with Crippen molar-refractivity contribution < 1.29 is 5.11 Å². The van der Waals surface area contributed by atoms with E-state index in [2.05, 4.69) is 25.7 Å². The molecule has 2 nitrogen and oxygen atoms in total. The first-order valence-corrected chi connectivity index (χ1v) is 6.61. The highest BCUT2D eigenvalue weighted by atomic mass is 16.3. The number of hydrogen-bond donors (Lipinski definition) is 1. The van der Waals surface area contributed by atoms with Gasteiger partial charge < -0.3 is 5.11 Å². The molecule has 0 aliphatic heterocycles. The molecule has 0 saturated heterocycles. The fourth-order valence-electron chi connectivity index (χ4n) is 2.75. The Morgan fingerprint density at radius 2 is 1.73 bits per heavy atom. The number of aliphatic hydroxyl groups excluding tert-OH is 1. The zero-order chi connectivity index (χ0) is 11.3. The van der Waals surface area contributed by atoms with Gasteiger partial charge in [0.1, 0.15) is 0 Å². The molecule has 0 amide bonds. The van der Waals surface area contributed by atoms with Crippen LogP contribution in [-0.4, -0.2) is 35.2 Å². The first kappa shape index (κ1) is 13.0. The van der Waals surface area contributed by atoms with Gasteiger partial charge in [-0.15, -0.1) is 0 Å². The fourth-order valence-corrected chi connectivity index (χ4v) is 2.75. The molecule has 0 aromatic rings. The van der Waals surface area contributed by atoms with Crippen LogP contribution in [0.15, 0.2) is 0 Å². The molecule has 1 saturated carbocycles. The lowest BCUT2D eigenvalue weighted by Crippen LogP contribution is -2.47. The van der Waals surface area contributed by atoms with Crippen molar-refractivity contribution in [1.82, 2.24) is 4.90 Å². The number of nitrogens with zero attached hydrogens (tertiary/aromatic N) is 1. The Morgan fingerprint density at radius 3 is 2.27 bits per heavy atom. The van der Waals surface area contributed by atoms with Crippen molar-refractivity contribution in [1.29, 1.82) is 0 Å². The summed E-state index contributed by atoms with van der Waals surface area (Å²) in [6.07, 6.45) is 5.68. The lowest BCUT2D eigenvalue weighted by atomic mass is 9.84. The number of aliphatic hydroxyl groups is 1. The minimum Gasteiger partial charge on any atom is -0.391 e. The van der Waals surface area contributed by atoms with E-state index in [1.165, 1.54) is 25.7 Å². The maximum absolute atomic E-state index is 10.1. The molecule has 1 rings (SSSR count). The lowest BCUT2D eigenvalue weighted by Gasteiger charge is -2.39. The zero-order valence-corrected chi connectivity index (χ0v) is 10.6. The van der Waals surface area contributed by atoms with Crippen molar-refractivity contribution in [3.8, 4) is 0 Å². The van der Waals surface area contributed by atoms with E-state index < -0.39 is 0 Å². The van der Waals surface area contributed by atoms with Gasteiger partial charge in [-0.25, -0.2) is 0 Å². The van der Waals surface area contributed by atoms with E-state index in [4.69, 9.17) is 0 Å². The quantitative estimate of drug-likeness (QED) is 0.759. The highest BCUT2D eigenvalue weighted by Crippen LogP contribution is 2.28. The van der Waals surface area contributed by atoms with Crippen LogP contribution >= 0.6 is 0 Å². The van der Waals surface area contributed by atoms with Gasteiger partial charge in [0.05, 0.1) is 6.10 Å². The molecule has 0 radical (unpaired) electrons. The first-order valence-electron chi connectivity index (χ1n) is 6.61. The average molecular weight is 213 g/mol. The summed E-state index contributed by atoms with van der Waals surface area (Å²) in [4.78, 5) is 2.50. The van der Waals surface area contributed by atoms with Crippen molar-refractivity contribution in [3.63, 3.8) is 0 Å². The van der Waals surface area contributed by atoms with Gasteiger partial charge in [0.15, 0.2) is 0 Å². The number of hydrogen-bond acceptors (Lipinski definition) is 2. The summed E-state index contributed by atoms with van der Waals surface area (Å²) in [5.74, 6) is 0.787. The van der Waals surface area contributed by atoms with Crippen LogP contribution in [-0.2, 0) is 0 Å². The lowest BCUT2D eigenvalue weighted by molar-refractivity contribution is 0.00556. The predicted molar refractivity (Wildman–Crippen MR) is 65.0 cm³/mol. The zero-order valence-electron chi connectivity index (χ0n) is 10.6. The molecular formula is C13H27NO. The van der Waals surface area contributed by atoms with Gasteiger partial charge in [-0.2, -0.15) is 0 Å². The molecule has 3 atom stereocenters. The minimum absolute atomic E-state index is 0.0840. The van der Waals surface area contributed by atoms with Gasteiger partial charge in [0, 0.05) is 6.04 Å². The summed E-state index contributed by atoms with van der Waals surface area (Å²) in [7, 11) is 0. The van der Waals surface area contributed by atoms with E-state index >= 15 is 0 Å². The topological polar surface area (TPSA) is 23.5 Å². The van der Waals surface area contributed by atoms with E-state index in [0.717, 1.165) is 25.4 Å². The van der Waals surface area contributed by atoms with Crippen molar-refractivity contribution in [2.75, 3.05) is 13.1 Å².